The molecule has 0 radical (unpaired) electrons. The van der Waals surface area contributed by atoms with Crippen molar-refractivity contribution in [1.29, 1.82) is 0 Å². The molecule has 150 valence electrons. The Morgan fingerprint density at radius 3 is 2.40 bits per heavy atom. The number of benzene rings is 3. The molecule has 1 atom stereocenters. The number of carbonyl (C=O) groups excluding carboxylic acids is 1. The largest absolute Gasteiger partial charge is 0.345 e. The number of aromatic amines is 1. The normalized spacial score (nSPS) is 11.9. The summed E-state index contributed by atoms with van der Waals surface area (Å²) in [5, 5.41) is 3.52. The lowest BCUT2D eigenvalue weighted by Gasteiger charge is -2.20. The van der Waals surface area contributed by atoms with Crippen LogP contribution >= 0.6 is 0 Å². The van der Waals surface area contributed by atoms with Gasteiger partial charge in [0, 0.05) is 5.52 Å². The van der Waals surface area contributed by atoms with Crippen LogP contribution in [0.4, 0.5) is 8.78 Å². The molecule has 2 N–H and O–H groups in total. The van der Waals surface area contributed by atoms with Crippen molar-refractivity contribution in [2.24, 2.45) is 0 Å². The van der Waals surface area contributed by atoms with Crippen molar-refractivity contribution >= 4 is 16.8 Å². The topological polar surface area (TPSA) is 62.0 Å². The van der Waals surface area contributed by atoms with Crippen molar-refractivity contribution < 1.29 is 13.6 Å². The van der Waals surface area contributed by atoms with Gasteiger partial charge in [-0.1, -0.05) is 42.5 Å². The van der Waals surface area contributed by atoms with E-state index in [0.717, 1.165) is 5.39 Å². The molecule has 4 nitrogen and oxygen atoms in total. The summed E-state index contributed by atoms with van der Waals surface area (Å²) in [6.07, 6.45) is 0.235. The lowest BCUT2D eigenvalue weighted by atomic mass is 9.98. The second-order valence-electron chi connectivity index (χ2n) is 7.01. The Bertz CT molecular complexity index is 1280. The Hall–Kier alpha value is -3.80. The van der Waals surface area contributed by atoms with Crippen LogP contribution < -0.4 is 10.9 Å². The number of carbonyl (C=O) groups is 1. The van der Waals surface area contributed by atoms with Crippen LogP contribution in [0.3, 0.4) is 0 Å². The van der Waals surface area contributed by atoms with E-state index in [1.54, 1.807) is 36.4 Å². The Labute approximate surface area is 171 Å². The molecule has 6 heteroatoms. The minimum atomic E-state index is -0.652. The molecule has 30 heavy (non-hydrogen) atoms. The Kier molecular flexibility index (Phi) is 5.39. The Morgan fingerprint density at radius 1 is 0.900 bits per heavy atom. The summed E-state index contributed by atoms with van der Waals surface area (Å²) >= 11 is 0. The van der Waals surface area contributed by atoms with E-state index in [9.17, 15) is 18.4 Å². The molecule has 4 aromatic rings. The van der Waals surface area contributed by atoms with Crippen LogP contribution in [-0.2, 0) is 6.42 Å². The maximum atomic E-state index is 13.8. The highest BCUT2D eigenvalue weighted by atomic mass is 19.1. The standard InChI is InChI=1S/C24H18F2N2O2/c25-18-8-3-5-15(11-18)12-22(16-7-4-9-19(26)13-16)28-24(30)20-14-17-6-1-2-10-21(17)27-23(20)29/h1-11,13-14,22H,12H2,(H,27,29)(H,28,30). The summed E-state index contributed by atoms with van der Waals surface area (Å²) in [7, 11) is 0. The third kappa shape index (κ3) is 4.27. The first kappa shape index (κ1) is 19.5. The number of H-pyrrole nitrogens is 1. The van der Waals surface area contributed by atoms with E-state index in [1.165, 1.54) is 36.4 Å². The summed E-state index contributed by atoms with van der Waals surface area (Å²) in [6, 6.07) is 19.8. The molecule has 0 saturated carbocycles. The summed E-state index contributed by atoms with van der Waals surface area (Å²) in [6.45, 7) is 0. The highest BCUT2D eigenvalue weighted by Gasteiger charge is 2.20. The SMILES string of the molecule is O=C(NC(Cc1cccc(F)c1)c1cccc(F)c1)c1cc2ccccc2[nH]c1=O. The minimum absolute atomic E-state index is 0.0469. The van der Waals surface area contributed by atoms with Crippen molar-refractivity contribution in [3.05, 3.63) is 118 Å². The maximum Gasteiger partial charge on any atom is 0.261 e. The fourth-order valence-electron chi connectivity index (χ4n) is 3.43. The summed E-state index contributed by atoms with van der Waals surface area (Å²) in [5.41, 5.74) is 1.21. The monoisotopic (exact) mass is 404 g/mol. The van der Waals surface area contributed by atoms with Crippen LogP contribution in [0.5, 0.6) is 0 Å². The van der Waals surface area contributed by atoms with E-state index < -0.39 is 29.1 Å². The molecule has 1 unspecified atom stereocenters. The molecule has 0 aliphatic rings. The number of para-hydroxylation sites is 1. The van der Waals surface area contributed by atoms with Crippen molar-refractivity contribution in [3.8, 4) is 0 Å². The molecule has 0 bridgehead atoms. The Morgan fingerprint density at radius 2 is 1.63 bits per heavy atom. The van der Waals surface area contributed by atoms with E-state index >= 15 is 0 Å². The van der Waals surface area contributed by atoms with Gasteiger partial charge < -0.3 is 10.3 Å². The van der Waals surface area contributed by atoms with E-state index in [4.69, 9.17) is 0 Å². The number of halogens is 2. The lowest BCUT2D eigenvalue weighted by Crippen LogP contribution is -2.33. The van der Waals surface area contributed by atoms with E-state index in [1.807, 2.05) is 6.07 Å². The van der Waals surface area contributed by atoms with Crippen LogP contribution in [-0.4, -0.2) is 10.9 Å². The first-order valence-corrected chi connectivity index (χ1v) is 9.42. The van der Waals surface area contributed by atoms with Gasteiger partial charge in [0.15, 0.2) is 0 Å². The molecule has 0 spiro atoms. The van der Waals surface area contributed by atoms with Gasteiger partial charge in [0.2, 0.25) is 0 Å². The lowest BCUT2D eigenvalue weighted by molar-refractivity contribution is 0.0935. The average molecular weight is 404 g/mol. The van der Waals surface area contributed by atoms with E-state index in [0.29, 0.717) is 16.6 Å². The predicted molar refractivity (Wildman–Crippen MR) is 111 cm³/mol. The third-order valence-corrected chi connectivity index (χ3v) is 4.88. The van der Waals surface area contributed by atoms with Crippen molar-refractivity contribution in [1.82, 2.24) is 10.3 Å². The smallest absolute Gasteiger partial charge is 0.261 e. The second-order valence-corrected chi connectivity index (χ2v) is 7.01. The van der Waals surface area contributed by atoms with Gasteiger partial charge in [-0.25, -0.2) is 8.78 Å². The van der Waals surface area contributed by atoms with Gasteiger partial charge in [0.1, 0.15) is 17.2 Å². The zero-order chi connectivity index (χ0) is 21.1. The number of amides is 1. The molecule has 3 aromatic carbocycles. The molecular weight excluding hydrogens is 386 g/mol. The van der Waals surface area contributed by atoms with Crippen LogP contribution in [0, 0.1) is 11.6 Å². The van der Waals surface area contributed by atoms with Gasteiger partial charge >= 0.3 is 0 Å². The number of hydrogen-bond acceptors (Lipinski definition) is 2. The fourth-order valence-corrected chi connectivity index (χ4v) is 3.43. The highest BCUT2D eigenvalue weighted by molar-refractivity contribution is 5.97. The van der Waals surface area contributed by atoms with Crippen molar-refractivity contribution in [3.63, 3.8) is 0 Å². The molecule has 0 fully saturated rings. The summed E-state index contributed by atoms with van der Waals surface area (Å²) in [4.78, 5) is 28.1. The quantitative estimate of drug-likeness (QED) is 0.514. The molecule has 1 aromatic heterocycles. The summed E-state index contributed by atoms with van der Waals surface area (Å²) in [5.74, 6) is -1.44. The zero-order valence-electron chi connectivity index (χ0n) is 15.9. The van der Waals surface area contributed by atoms with Gasteiger partial charge in [-0.05, 0) is 59.3 Å². The van der Waals surface area contributed by atoms with Gasteiger partial charge in [-0.15, -0.1) is 0 Å². The van der Waals surface area contributed by atoms with Gasteiger partial charge in [-0.3, -0.25) is 9.59 Å². The third-order valence-electron chi connectivity index (χ3n) is 4.88. The molecule has 1 amide bonds. The van der Waals surface area contributed by atoms with Crippen molar-refractivity contribution in [2.45, 2.75) is 12.5 Å². The zero-order valence-corrected chi connectivity index (χ0v) is 15.9. The molecular formula is C24H18F2N2O2. The molecule has 0 aliphatic carbocycles. The van der Waals surface area contributed by atoms with Crippen LogP contribution in [0.25, 0.3) is 10.9 Å². The van der Waals surface area contributed by atoms with Crippen LogP contribution in [0.1, 0.15) is 27.5 Å². The molecule has 0 saturated heterocycles. The van der Waals surface area contributed by atoms with Crippen LogP contribution in [0.2, 0.25) is 0 Å². The minimum Gasteiger partial charge on any atom is -0.345 e. The number of rotatable bonds is 5. The van der Waals surface area contributed by atoms with E-state index in [2.05, 4.69) is 10.3 Å². The van der Waals surface area contributed by atoms with Gasteiger partial charge in [0.25, 0.3) is 11.5 Å². The molecule has 0 aliphatic heterocycles. The maximum absolute atomic E-state index is 13.8. The fraction of sp³-hybridized carbons (Fsp3) is 0.0833. The predicted octanol–water partition coefficient (Wildman–Crippen LogP) is 4.52. The second kappa shape index (κ2) is 8.29. The molecule has 1 heterocycles. The number of fused-ring (bicyclic) bond motifs is 1. The van der Waals surface area contributed by atoms with E-state index in [-0.39, 0.29) is 12.0 Å². The number of hydrogen-bond donors (Lipinski definition) is 2. The van der Waals surface area contributed by atoms with Gasteiger partial charge in [0.05, 0.1) is 6.04 Å². The molecule has 4 rings (SSSR count). The van der Waals surface area contributed by atoms with Crippen LogP contribution in [0.15, 0.2) is 83.7 Å². The first-order valence-electron chi connectivity index (χ1n) is 9.42. The number of aromatic nitrogens is 1. The first-order chi connectivity index (χ1) is 14.5. The summed E-state index contributed by atoms with van der Waals surface area (Å²) < 4.78 is 27.4. The average Bonchev–Trinajstić information content (AvgIpc) is 2.72. The van der Waals surface area contributed by atoms with Gasteiger partial charge in [-0.2, -0.15) is 0 Å². The van der Waals surface area contributed by atoms with Crippen molar-refractivity contribution in [2.75, 3.05) is 0 Å². The highest BCUT2D eigenvalue weighted by Crippen LogP contribution is 2.21. The Balaban J connectivity index is 1.68. The number of pyridine rings is 1. The number of nitrogens with one attached hydrogen (secondary N) is 2.